The van der Waals surface area contributed by atoms with Crippen LogP contribution in [0.4, 0.5) is 0 Å². The highest BCUT2D eigenvalue weighted by Gasteiger charge is 2.62. The molecule has 78 valence electrons. The summed E-state index contributed by atoms with van der Waals surface area (Å²) in [7, 11) is 0. The highest BCUT2D eigenvalue weighted by molar-refractivity contribution is 6.74. The third kappa shape index (κ3) is 1.47. The molecule has 1 rings (SSSR count). The second-order valence-electron chi connectivity index (χ2n) is 2.48. The Bertz CT molecular complexity index is 322. The molecule has 0 aromatic rings. The summed E-state index contributed by atoms with van der Waals surface area (Å²) in [4.78, 5) is 22.5. The highest BCUT2D eigenvalue weighted by atomic mass is 35.5. The minimum atomic E-state index is -2.80. The first kappa shape index (κ1) is 12.6. The SMILES string of the molecule is O=C1C(Cl)=C(Cl)C(=O)C(Cl)(Cl)C1(O)Cl. The molecule has 0 saturated heterocycles. The molecule has 0 aliphatic heterocycles. The lowest BCUT2D eigenvalue weighted by Crippen LogP contribution is -2.56. The third-order valence-corrected chi connectivity index (χ3v) is 3.95. The number of halogens is 5. The average Bonchev–Trinajstić information content (AvgIpc) is 2.10. The van der Waals surface area contributed by atoms with Crippen LogP contribution >= 0.6 is 58.0 Å². The molecule has 0 bridgehead atoms. The maximum atomic E-state index is 11.3. The van der Waals surface area contributed by atoms with Gasteiger partial charge < -0.3 is 5.11 Å². The lowest BCUT2D eigenvalue weighted by atomic mass is 10.00. The van der Waals surface area contributed by atoms with E-state index in [0.29, 0.717) is 0 Å². The van der Waals surface area contributed by atoms with Crippen LogP contribution in [0.3, 0.4) is 0 Å². The number of allylic oxidation sites excluding steroid dienone is 1. The molecular weight excluding hydrogens is 297 g/mol. The summed E-state index contributed by atoms with van der Waals surface area (Å²) >= 11 is 26.8. The molecule has 1 aliphatic carbocycles. The van der Waals surface area contributed by atoms with E-state index in [-0.39, 0.29) is 0 Å². The van der Waals surface area contributed by atoms with E-state index >= 15 is 0 Å². The quantitative estimate of drug-likeness (QED) is 0.695. The van der Waals surface area contributed by atoms with Crippen LogP contribution in [0.2, 0.25) is 0 Å². The summed E-state index contributed by atoms with van der Waals surface area (Å²) in [6, 6.07) is 0. The zero-order valence-corrected chi connectivity index (χ0v) is 9.93. The maximum absolute atomic E-state index is 11.3. The van der Waals surface area contributed by atoms with Gasteiger partial charge in [0.2, 0.25) is 21.0 Å². The number of Topliss-reactive ketones (excluding diaryl/α,β-unsaturated/α-hetero) is 2. The van der Waals surface area contributed by atoms with Gasteiger partial charge in [-0.15, -0.1) is 0 Å². The van der Waals surface area contributed by atoms with Gasteiger partial charge in [0.05, 0.1) is 0 Å². The molecule has 0 spiro atoms. The van der Waals surface area contributed by atoms with Crippen LogP contribution in [-0.2, 0) is 9.59 Å². The minimum Gasteiger partial charge on any atom is -0.366 e. The Morgan fingerprint density at radius 2 is 1.29 bits per heavy atom. The van der Waals surface area contributed by atoms with E-state index in [9.17, 15) is 14.7 Å². The van der Waals surface area contributed by atoms with Crippen molar-refractivity contribution in [3.8, 4) is 0 Å². The molecular formula is C6HCl5O3. The number of rotatable bonds is 0. The van der Waals surface area contributed by atoms with E-state index in [4.69, 9.17) is 58.0 Å². The molecule has 1 unspecified atom stereocenters. The van der Waals surface area contributed by atoms with Crippen LogP contribution in [-0.4, -0.2) is 26.1 Å². The summed E-state index contributed by atoms with van der Waals surface area (Å²) in [5, 5.41) is 5.25. The van der Waals surface area contributed by atoms with Crippen molar-refractivity contribution in [2.45, 2.75) is 9.39 Å². The molecule has 0 aromatic carbocycles. The monoisotopic (exact) mass is 296 g/mol. The lowest BCUT2D eigenvalue weighted by molar-refractivity contribution is -0.133. The van der Waals surface area contributed by atoms with Crippen LogP contribution in [0.25, 0.3) is 0 Å². The van der Waals surface area contributed by atoms with Crippen LogP contribution in [0.1, 0.15) is 0 Å². The summed E-state index contributed by atoms with van der Waals surface area (Å²) in [5.74, 6) is -2.33. The lowest BCUT2D eigenvalue weighted by Gasteiger charge is -2.33. The molecule has 0 saturated carbocycles. The van der Waals surface area contributed by atoms with Crippen molar-refractivity contribution in [3.63, 3.8) is 0 Å². The molecule has 0 heterocycles. The van der Waals surface area contributed by atoms with Crippen molar-refractivity contribution >= 4 is 69.6 Å². The standard InChI is InChI=1S/C6HCl5O3/c7-1-2(8)4(13)6(11,14)5(9,10)3(1)12/h14H. The van der Waals surface area contributed by atoms with Crippen molar-refractivity contribution in [3.05, 3.63) is 10.1 Å². The summed E-state index contributed by atoms with van der Waals surface area (Å²) in [6.45, 7) is 0. The Morgan fingerprint density at radius 3 is 1.71 bits per heavy atom. The summed E-state index contributed by atoms with van der Waals surface area (Å²) in [5.41, 5.74) is 0. The molecule has 0 fully saturated rings. The predicted octanol–water partition coefficient (Wildman–Crippen LogP) is 1.93. The van der Waals surface area contributed by atoms with E-state index in [1.54, 1.807) is 0 Å². The van der Waals surface area contributed by atoms with Gasteiger partial charge in [0.15, 0.2) is 0 Å². The van der Waals surface area contributed by atoms with Crippen molar-refractivity contribution < 1.29 is 14.7 Å². The first-order valence-corrected chi connectivity index (χ1v) is 4.97. The molecule has 8 heteroatoms. The van der Waals surface area contributed by atoms with Gasteiger partial charge in [-0.25, -0.2) is 0 Å². The number of carbonyl (C=O) groups is 2. The molecule has 0 amide bonds. The molecule has 0 radical (unpaired) electrons. The maximum Gasteiger partial charge on any atom is 0.244 e. The largest absolute Gasteiger partial charge is 0.366 e. The molecule has 14 heavy (non-hydrogen) atoms. The predicted molar refractivity (Wildman–Crippen MR) is 54.0 cm³/mol. The molecule has 1 aliphatic rings. The molecule has 0 aromatic heterocycles. The number of hydrogen-bond acceptors (Lipinski definition) is 3. The number of ketones is 2. The van der Waals surface area contributed by atoms with E-state index in [1.165, 1.54) is 0 Å². The van der Waals surface area contributed by atoms with Gasteiger partial charge in [-0.05, 0) is 0 Å². The third-order valence-electron chi connectivity index (χ3n) is 1.59. The molecule has 1 atom stereocenters. The number of hydrogen-bond donors (Lipinski definition) is 1. The van der Waals surface area contributed by atoms with Gasteiger partial charge >= 0.3 is 0 Å². The van der Waals surface area contributed by atoms with E-state index < -0.39 is 31.0 Å². The van der Waals surface area contributed by atoms with E-state index in [1.807, 2.05) is 0 Å². The van der Waals surface area contributed by atoms with Crippen LogP contribution < -0.4 is 0 Å². The Balaban J connectivity index is 3.47. The van der Waals surface area contributed by atoms with Crippen molar-refractivity contribution in [1.82, 2.24) is 0 Å². The second kappa shape index (κ2) is 3.51. The van der Waals surface area contributed by atoms with E-state index in [2.05, 4.69) is 0 Å². The van der Waals surface area contributed by atoms with Crippen LogP contribution in [0.5, 0.6) is 0 Å². The minimum absolute atomic E-state index is 0.646. The highest BCUT2D eigenvalue weighted by Crippen LogP contribution is 2.47. The van der Waals surface area contributed by atoms with Gasteiger partial charge in [-0.2, -0.15) is 0 Å². The number of aliphatic hydroxyl groups is 1. The normalized spacial score (nSPS) is 32.4. The first-order chi connectivity index (χ1) is 6.14. The van der Waals surface area contributed by atoms with Gasteiger partial charge in [0.1, 0.15) is 10.1 Å². The molecule has 3 nitrogen and oxygen atoms in total. The first-order valence-electron chi connectivity index (χ1n) is 3.08. The zero-order valence-electron chi connectivity index (χ0n) is 6.15. The Morgan fingerprint density at radius 1 is 0.929 bits per heavy atom. The molecule has 1 N–H and O–H groups in total. The Kier molecular flexibility index (Phi) is 3.15. The van der Waals surface area contributed by atoms with Crippen molar-refractivity contribution in [1.29, 1.82) is 0 Å². The average molecular weight is 298 g/mol. The van der Waals surface area contributed by atoms with Crippen LogP contribution in [0.15, 0.2) is 10.1 Å². The van der Waals surface area contributed by atoms with Crippen molar-refractivity contribution in [2.75, 3.05) is 0 Å². The zero-order chi connectivity index (χ0) is 11.3. The smallest absolute Gasteiger partial charge is 0.244 e. The summed E-state index contributed by atoms with van der Waals surface area (Å²) < 4.78 is -2.54. The fraction of sp³-hybridized carbons (Fsp3) is 0.333. The van der Waals surface area contributed by atoms with Crippen molar-refractivity contribution in [2.24, 2.45) is 0 Å². The van der Waals surface area contributed by atoms with Gasteiger partial charge in [-0.1, -0.05) is 58.0 Å². The summed E-state index contributed by atoms with van der Waals surface area (Å²) in [6.07, 6.45) is 0. The fourth-order valence-corrected chi connectivity index (χ4v) is 1.91. The Labute approximate surface area is 104 Å². The van der Waals surface area contributed by atoms with Gasteiger partial charge in [0.25, 0.3) is 0 Å². The fourth-order valence-electron chi connectivity index (χ4n) is 0.776. The van der Waals surface area contributed by atoms with E-state index in [0.717, 1.165) is 0 Å². The second-order valence-corrected chi connectivity index (χ2v) is 5.11. The Hall–Kier alpha value is 0.490. The number of carbonyl (C=O) groups excluding carboxylic acids is 2. The van der Waals surface area contributed by atoms with Gasteiger partial charge in [-0.3, -0.25) is 9.59 Å². The van der Waals surface area contributed by atoms with Crippen LogP contribution in [0, 0.1) is 0 Å². The van der Waals surface area contributed by atoms with Gasteiger partial charge in [0, 0.05) is 0 Å². The topological polar surface area (TPSA) is 54.4 Å². The number of alkyl halides is 3.